The number of amides is 2. The van der Waals surface area contributed by atoms with E-state index < -0.39 is 0 Å². The molecule has 8 nitrogen and oxygen atoms in total. The minimum atomic E-state index is -0.119. The van der Waals surface area contributed by atoms with Crippen LogP contribution in [-0.4, -0.2) is 61.6 Å². The number of nitrogens with zero attached hydrogens (tertiary/aromatic N) is 2. The molecule has 0 spiro atoms. The van der Waals surface area contributed by atoms with Gasteiger partial charge in [0.2, 0.25) is 11.8 Å². The molecule has 168 valence electrons. The average Bonchev–Trinajstić information content (AvgIpc) is 3.08. The first-order chi connectivity index (χ1) is 14.9. The molecule has 1 atom stereocenters. The fourth-order valence-corrected chi connectivity index (χ4v) is 4.29. The Morgan fingerprint density at radius 1 is 1.23 bits per heavy atom. The molecular weight excluding hydrogens is 416 g/mol. The summed E-state index contributed by atoms with van der Waals surface area (Å²) in [5, 5.41) is 6.43. The van der Waals surface area contributed by atoms with E-state index in [0.29, 0.717) is 24.8 Å². The Morgan fingerprint density at radius 2 is 1.97 bits per heavy atom. The van der Waals surface area contributed by atoms with E-state index in [0.717, 1.165) is 41.5 Å². The second-order valence-corrected chi connectivity index (χ2v) is 8.80. The number of carbonyl (C=O) groups is 2. The smallest absolute Gasteiger partial charge is 0.240 e. The van der Waals surface area contributed by atoms with E-state index in [1.54, 1.807) is 7.11 Å². The Morgan fingerprint density at radius 3 is 2.65 bits per heavy atom. The Bertz CT molecular complexity index is 865. The van der Waals surface area contributed by atoms with Crippen LogP contribution in [0.3, 0.4) is 0 Å². The molecule has 0 radical (unpaired) electrons. The highest BCUT2D eigenvalue weighted by Crippen LogP contribution is 2.22. The number of anilines is 1. The van der Waals surface area contributed by atoms with Crippen molar-refractivity contribution < 1.29 is 19.1 Å². The van der Waals surface area contributed by atoms with Gasteiger partial charge in [-0.3, -0.25) is 14.5 Å². The van der Waals surface area contributed by atoms with Gasteiger partial charge in [-0.1, -0.05) is 0 Å². The van der Waals surface area contributed by atoms with Crippen LogP contribution in [0.25, 0.3) is 0 Å². The number of likely N-dealkylation sites (tertiary alicyclic amines) is 1. The summed E-state index contributed by atoms with van der Waals surface area (Å²) in [6, 6.07) is 7.33. The van der Waals surface area contributed by atoms with E-state index in [-0.39, 0.29) is 24.3 Å². The molecule has 1 aliphatic rings. The molecule has 0 saturated carbocycles. The third kappa shape index (κ3) is 6.93. The summed E-state index contributed by atoms with van der Waals surface area (Å²) in [6.07, 6.45) is 1.72. The molecule has 1 aliphatic heterocycles. The maximum absolute atomic E-state index is 12.5. The van der Waals surface area contributed by atoms with E-state index in [4.69, 9.17) is 9.47 Å². The van der Waals surface area contributed by atoms with Gasteiger partial charge < -0.3 is 20.1 Å². The second kappa shape index (κ2) is 11.1. The highest BCUT2D eigenvalue weighted by atomic mass is 32.1. The number of piperidine rings is 1. The van der Waals surface area contributed by atoms with Crippen LogP contribution in [0.4, 0.5) is 5.13 Å². The minimum Gasteiger partial charge on any atom is -0.497 e. The van der Waals surface area contributed by atoms with Crippen molar-refractivity contribution in [1.82, 2.24) is 15.2 Å². The summed E-state index contributed by atoms with van der Waals surface area (Å²) in [5.41, 5.74) is 0.936. The molecule has 2 aromatic rings. The molecule has 9 heteroatoms. The number of nitrogens with one attached hydrogen (secondary N) is 2. The van der Waals surface area contributed by atoms with Crippen molar-refractivity contribution in [1.29, 1.82) is 0 Å². The fraction of sp³-hybridized carbons (Fsp3) is 0.500. The average molecular weight is 447 g/mol. The van der Waals surface area contributed by atoms with Gasteiger partial charge in [0.1, 0.15) is 18.1 Å². The lowest BCUT2D eigenvalue weighted by atomic mass is 9.97. The minimum absolute atomic E-state index is 0.00890. The topological polar surface area (TPSA) is 92.8 Å². The Hall–Kier alpha value is -2.65. The highest BCUT2D eigenvalue weighted by Gasteiger charge is 2.26. The number of rotatable bonds is 9. The van der Waals surface area contributed by atoms with Crippen LogP contribution in [0.2, 0.25) is 0 Å². The van der Waals surface area contributed by atoms with Gasteiger partial charge in [-0.05, 0) is 57.5 Å². The molecule has 0 aliphatic carbocycles. The van der Waals surface area contributed by atoms with Gasteiger partial charge in [-0.15, -0.1) is 11.3 Å². The van der Waals surface area contributed by atoms with E-state index in [2.05, 4.69) is 15.6 Å². The molecule has 1 saturated heterocycles. The Labute approximate surface area is 186 Å². The molecule has 1 aromatic carbocycles. The van der Waals surface area contributed by atoms with Crippen LogP contribution in [0, 0.1) is 19.8 Å². The van der Waals surface area contributed by atoms with Crippen molar-refractivity contribution in [3.8, 4) is 11.5 Å². The zero-order chi connectivity index (χ0) is 22.2. The van der Waals surface area contributed by atoms with Gasteiger partial charge >= 0.3 is 0 Å². The number of methoxy groups -OCH3 is 1. The number of thiazole rings is 1. The van der Waals surface area contributed by atoms with Gasteiger partial charge in [-0.2, -0.15) is 0 Å². The van der Waals surface area contributed by atoms with E-state index in [1.807, 2.05) is 43.0 Å². The van der Waals surface area contributed by atoms with Gasteiger partial charge in [-0.25, -0.2) is 4.98 Å². The molecule has 31 heavy (non-hydrogen) atoms. The maximum atomic E-state index is 12.5. The summed E-state index contributed by atoms with van der Waals surface area (Å²) in [7, 11) is 1.62. The highest BCUT2D eigenvalue weighted by molar-refractivity contribution is 7.15. The largest absolute Gasteiger partial charge is 0.497 e. The SMILES string of the molecule is COc1ccc(OCCNC(=O)C2CCCN(CC(=O)Nc3nc(C)c(C)s3)C2)cc1. The summed E-state index contributed by atoms with van der Waals surface area (Å²) < 4.78 is 10.8. The molecule has 2 heterocycles. The van der Waals surface area contributed by atoms with Crippen molar-refractivity contribution >= 4 is 28.3 Å². The molecular formula is C22H30N4O4S. The summed E-state index contributed by atoms with van der Waals surface area (Å²) >= 11 is 1.48. The molecule has 3 rings (SSSR count). The zero-order valence-electron chi connectivity index (χ0n) is 18.3. The van der Waals surface area contributed by atoms with Crippen molar-refractivity contribution in [3.05, 3.63) is 34.8 Å². The number of ether oxygens (including phenoxy) is 2. The normalized spacial score (nSPS) is 16.5. The van der Waals surface area contributed by atoms with Gasteiger partial charge in [0, 0.05) is 11.4 Å². The molecule has 1 unspecified atom stereocenters. The van der Waals surface area contributed by atoms with E-state index in [1.165, 1.54) is 11.3 Å². The third-order valence-electron chi connectivity index (χ3n) is 5.25. The number of carbonyl (C=O) groups excluding carboxylic acids is 2. The van der Waals surface area contributed by atoms with Crippen molar-refractivity contribution in [2.24, 2.45) is 5.92 Å². The first-order valence-corrected chi connectivity index (χ1v) is 11.3. The number of aryl methyl sites for hydroxylation is 2. The molecule has 0 bridgehead atoms. The van der Waals surface area contributed by atoms with Crippen molar-refractivity contribution in [2.45, 2.75) is 26.7 Å². The van der Waals surface area contributed by atoms with Gasteiger partial charge in [0.15, 0.2) is 5.13 Å². The quantitative estimate of drug-likeness (QED) is 0.575. The summed E-state index contributed by atoms with van der Waals surface area (Å²) in [6.45, 7) is 6.40. The molecule has 2 N–H and O–H groups in total. The maximum Gasteiger partial charge on any atom is 0.240 e. The lowest BCUT2D eigenvalue weighted by Gasteiger charge is -2.31. The zero-order valence-corrected chi connectivity index (χ0v) is 19.1. The Balaban J connectivity index is 1.37. The van der Waals surface area contributed by atoms with E-state index >= 15 is 0 Å². The molecule has 1 fully saturated rings. The first kappa shape index (κ1) is 23.0. The Kier molecular flexibility index (Phi) is 8.25. The van der Waals surface area contributed by atoms with Crippen molar-refractivity contribution in [2.75, 3.05) is 45.2 Å². The third-order valence-corrected chi connectivity index (χ3v) is 6.24. The van der Waals surface area contributed by atoms with Crippen LogP contribution >= 0.6 is 11.3 Å². The predicted molar refractivity (Wildman–Crippen MR) is 121 cm³/mol. The lowest BCUT2D eigenvalue weighted by Crippen LogP contribution is -2.46. The monoisotopic (exact) mass is 446 g/mol. The van der Waals surface area contributed by atoms with Crippen LogP contribution in [-0.2, 0) is 9.59 Å². The predicted octanol–water partition coefficient (Wildman–Crippen LogP) is 2.61. The number of hydrogen-bond acceptors (Lipinski definition) is 7. The number of hydrogen-bond donors (Lipinski definition) is 2. The van der Waals surface area contributed by atoms with Crippen molar-refractivity contribution in [3.63, 3.8) is 0 Å². The van der Waals surface area contributed by atoms with Crippen LogP contribution in [0.15, 0.2) is 24.3 Å². The number of benzene rings is 1. The van der Waals surface area contributed by atoms with E-state index in [9.17, 15) is 9.59 Å². The van der Waals surface area contributed by atoms with Crippen LogP contribution in [0.5, 0.6) is 11.5 Å². The standard InChI is InChI=1S/C22H30N4O4S/c1-15-16(2)31-22(24-15)25-20(27)14-26-11-4-5-17(13-26)21(28)23-10-12-30-19-8-6-18(29-3)7-9-19/h6-9,17H,4-5,10-14H2,1-3H3,(H,23,28)(H,24,25,27). The lowest BCUT2D eigenvalue weighted by molar-refractivity contribution is -0.128. The van der Waals surface area contributed by atoms with Crippen LogP contribution < -0.4 is 20.1 Å². The first-order valence-electron chi connectivity index (χ1n) is 10.5. The second-order valence-electron chi connectivity index (χ2n) is 7.60. The van der Waals surface area contributed by atoms with Gasteiger partial charge in [0.05, 0.1) is 31.8 Å². The van der Waals surface area contributed by atoms with Crippen LogP contribution in [0.1, 0.15) is 23.4 Å². The molecule has 2 amide bonds. The summed E-state index contributed by atoms with van der Waals surface area (Å²) in [4.78, 5) is 32.4. The number of aromatic nitrogens is 1. The molecule has 1 aromatic heterocycles. The summed E-state index contributed by atoms with van der Waals surface area (Å²) in [5.74, 6) is 1.30. The fourth-order valence-electron chi connectivity index (χ4n) is 3.46. The van der Waals surface area contributed by atoms with Gasteiger partial charge in [0.25, 0.3) is 0 Å².